The van der Waals surface area contributed by atoms with Gasteiger partial charge in [-0.3, -0.25) is 4.79 Å². The third-order valence-electron chi connectivity index (χ3n) is 3.42. The highest BCUT2D eigenvalue weighted by atomic mass is 79.9. The summed E-state index contributed by atoms with van der Waals surface area (Å²) in [5.74, 6) is 0.140. The number of carbonyl (C=O) groups is 1. The Morgan fingerprint density at radius 1 is 1.21 bits per heavy atom. The summed E-state index contributed by atoms with van der Waals surface area (Å²) >= 11 is 3.33. The molecule has 0 saturated heterocycles. The van der Waals surface area contributed by atoms with Crippen LogP contribution in [-0.4, -0.2) is 31.8 Å². The van der Waals surface area contributed by atoms with Crippen LogP contribution in [0.4, 0.5) is 4.39 Å². The first-order valence-electron chi connectivity index (χ1n) is 7.09. The molecule has 1 unspecified atom stereocenters. The first kappa shape index (κ1) is 18.2. The topological polar surface area (TPSA) is 67.8 Å². The number of hydrogen-bond donors (Lipinski definition) is 2. The molecule has 0 aliphatic heterocycles. The number of hydrogen-bond acceptors (Lipinski definition) is 4. The minimum absolute atomic E-state index is 0.00877. The van der Waals surface area contributed by atoms with Crippen LogP contribution in [0.3, 0.4) is 0 Å². The molecule has 0 radical (unpaired) electrons. The fraction of sp³-hybridized carbons (Fsp3) is 0.235. The summed E-state index contributed by atoms with van der Waals surface area (Å²) in [4.78, 5) is 12.3. The van der Waals surface area contributed by atoms with Crippen molar-refractivity contribution in [1.29, 1.82) is 0 Å². The van der Waals surface area contributed by atoms with Gasteiger partial charge in [-0.1, -0.05) is 12.1 Å². The normalized spacial score (nSPS) is 11.7. The zero-order valence-electron chi connectivity index (χ0n) is 13.2. The van der Waals surface area contributed by atoms with Crippen molar-refractivity contribution >= 4 is 21.8 Å². The summed E-state index contributed by atoms with van der Waals surface area (Å²) in [5, 5.41) is 12.7. The molecule has 0 aliphatic carbocycles. The van der Waals surface area contributed by atoms with Gasteiger partial charge in [0.25, 0.3) is 5.91 Å². The molecule has 0 spiro atoms. The van der Waals surface area contributed by atoms with Gasteiger partial charge in [-0.15, -0.1) is 0 Å². The molecule has 2 aromatic rings. The lowest BCUT2D eigenvalue weighted by Gasteiger charge is -2.14. The van der Waals surface area contributed by atoms with Gasteiger partial charge in [0.2, 0.25) is 0 Å². The van der Waals surface area contributed by atoms with E-state index >= 15 is 0 Å². The summed E-state index contributed by atoms with van der Waals surface area (Å²) in [5.41, 5.74) is 0.848. The molecule has 1 atom stereocenters. The number of rotatable bonds is 6. The van der Waals surface area contributed by atoms with Crippen LogP contribution in [0.5, 0.6) is 11.5 Å². The molecule has 0 fully saturated rings. The van der Waals surface area contributed by atoms with Crippen LogP contribution in [0.15, 0.2) is 40.9 Å². The van der Waals surface area contributed by atoms with Gasteiger partial charge in [-0.05, 0) is 45.8 Å². The second kappa shape index (κ2) is 8.12. The molecule has 0 saturated carbocycles. The van der Waals surface area contributed by atoms with Gasteiger partial charge in [0, 0.05) is 12.1 Å². The smallest absolute Gasteiger partial charge is 0.251 e. The van der Waals surface area contributed by atoms with Gasteiger partial charge < -0.3 is 19.9 Å². The molecule has 0 aliphatic rings. The summed E-state index contributed by atoms with van der Waals surface area (Å²) in [6, 6.07) is 8.57. The number of methoxy groups -OCH3 is 2. The van der Waals surface area contributed by atoms with E-state index in [4.69, 9.17) is 9.47 Å². The van der Waals surface area contributed by atoms with E-state index in [-0.39, 0.29) is 18.3 Å². The Balaban J connectivity index is 2.08. The number of nitrogens with one attached hydrogen (secondary N) is 1. The second-order valence-corrected chi connectivity index (χ2v) is 5.77. The Bertz CT molecular complexity index is 696. The van der Waals surface area contributed by atoms with Gasteiger partial charge in [-0.2, -0.15) is 0 Å². The number of ether oxygens (including phenoxy) is 2. The van der Waals surface area contributed by atoms with Crippen LogP contribution in [0, 0.1) is 5.82 Å². The predicted octanol–water partition coefficient (Wildman–Crippen LogP) is 3.07. The van der Waals surface area contributed by atoms with Crippen molar-refractivity contribution in [2.45, 2.75) is 6.10 Å². The van der Waals surface area contributed by atoms with Crippen molar-refractivity contribution in [3.05, 3.63) is 57.8 Å². The maximum Gasteiger partial charge on any atom is 0.251 e. The van der Waals surface area contributed by atoms with E-state index in [1.165, 1.54) is 38.5 Å². The molecule has 2 N–H and O–H groups in total. The van der Waals surface area contributed by atoms with E-state index in [1.807, 2.05) is 0 Å². The number of amides is 1. The van der Waals surface area contributed by atoms with Crippen LogP contribution in [0.25, 0.3) is 0 Å². The number of halogens is 2. The molecular weight excluding hydrogens is 381 g/mol. The third kappa shape index (κ3) is 4.24. The van der Waals surface area contributed by atoms with Crippen molar-refractivity contribution in [1.82, 2.24) is 5.32 Å². The van der Waals surface area contributed by atoms with Crippen LogP contribution in [0.2, 0.25) is 0 Å². The van der Waals surface area contributed by atoms with E-state index in [0.29, 0.717) is 27.1 Å². The Morgan fingerprint density at radius 2 is 1.75 bits per heavy atom. The van der Waals surface area contributed by atoms with Gasteiger partial charge >= 0.3 is 0 Å². The zero-order chi connectivity index (χ0) is 17.7. The molecule has 1 amide bonds. The Kier molecular flexibility index (Phi) is 6.16. The van der Waals surface area contributed by atoms with Gasteiger partial charge in [0.05, 0.1) is 20.3 Å². The quantitative estimate of drug-likeness (QED) is 0.785. The van der Waals surface area contributed by atoms with Gasteiger partial charge in [0.15, 0.2) is 0 Å². The molecule has 128 valence electrons. The molecule has 0 heterocycles. The van der Waals surface area contributed by atoms with Crippen molar-refractivity contribution in [3.8, 4) is 11.5 Å². The largest absolute Gasteiger partial charge is 0.495 e. The highest BCUT2D eigenvalue weighted by Gasteiger charge is 2.16. The third-order valence-corrected chi connectivity index (χ3v) is 4.20. The van der Waals surface area contributed by atoms with Crippen LogP contribution in [0.1, 0.15) is 22.0 Å². The van der Waals surface area contributed by atoms with Crippen LogP contribution in [-0.2, 0) is 0 Å². The van der Waals surface area contributed by atoms with E-state index < -0.39 is 6.10 Å². The van der Waals surface area contributed by atoms with Crippen molar-refractivity contribution in [2.24, 2.45) is 0 Å². The average Bonchev–Trinajstić information content (AvgIpc) is 2.60. The lowest BCUT2D eigenvalue weighted by Crippen LogP contribution is -2.28. The molecule has 0 bridgehead atoms. The van der Waals surface area contributed by atoms with Crippen molar-refractivity contribution in [2.75, 3.05) is 20.8 Å². The second-order valence-electron chi connectivity index (χ2n) is 4.97. The first-order chi connectivity index (χ1) is 11.5. The summed E-state index contributed by atoms with van der Waals surface area (Å²) in [6.07, 6.45) is -0.936. The number of benzene rings is 2. The molecule has 2 aromatic carbocycles. The van der Waals surface area contributed by atoms with E-state index in [2.05, 4.69) is 21.2 Å². The number of aliphatic hydroxyl groups excluding tert-OH is 1. The lowest BCUT2D eigenvalue weighted by molar-refractivity contribution is 0.0915. The maximum atomic E-state index is 12.9. The molecule has 0 aromatic heterocycles. The first-order valence-corrected chi connectivity index (χ1v) is 7.88. The minimum Gasteiger partial charge on any atom is -0.495 e. The average molecular weight is 398 g/mol. The fourth-order valence-corrected chi connectivity index (χ4v) is 2.65. The molecule has 2 rings (SSSR count). The standard InChI is InChI=1S/C17H17BrFNO4/c1-23-14-7-11(8-15(24-2)16(14)18)17(22)20-9-13(21)10-3-5-12(19)6-4-10/h3-8,13,21H,9H2,1-2H3,(H,20,22). The Labute approximate surface area is 147 Å². The SMILES string of the molecule is COc1cc(C(=O)NCC(O)c2ccc(F)cc2)cc(OC)c1Br. The van der Waals surface area contributed by atoms with Crippen molar-refractivity contribution in [3.63, 3.8) is 0 Å². The molecular formula is C17H17BrFNO4. The van der Waals surface area contributed by atoms with E-state index in [9.17, 15) is 14.3 Å². The Hall–Kier alpha value is -2.12. The minimum atomic E-state index is -0.936. The van der Waals surface area contributed by atoms with Crippen molar-refractivity contribution < 1.29 is 23.8 Å². The summed E-state index contributed by atoms with van der Waals surface area (Å²) < 4.78 is 23.9. The predicted molar refractivity (Wildman–Crippen MR) is 90.9 cm³/mol. The maximum absolute atomic E-state index is 12.9. The fourth-order valence-electron chi connectivity index (χ4n) is 2.09. The molecule has 24 heavy (non-hydrogen) atoms. The highest BCUT2D eigenvalue weighted by molar-refractivity contribution is 9.10. The molecule has 5 nitrogen and oxygen atoms in total. The Morgan fingerprint density at radius 3 is 2.25 bits per heavy atom. The van der Waals surface area contributed by atoms with Gasteiger partial charge in [-0.25, -0.2) is 4.39 Å². The molecule has 7 heteroatoms. The highest BCUT2D eigenvalue weighted by Crippen LogP contribution is 2.35. The van der Waals surface area contributed by atoms with Crippen LogP contribution < -0.4 is 14.8 Å². The monoisotopic (exact) mass is 397 g/mol. The lowest BCUT2D eigenvalue weighted by atomic mass is 10.1. The van der Waals surface area contributed by atoms with E-state index in [0.717, 1.165) is 0 Å². The zero-order valence-corrected chi connectivity index (χ0v) is 14.8. The van der Waals surface area contributed by atoms with E-state index in [1.54, 1.807) is 12.1 Å². The van der Waals surface area contributed by atoms with Gasteiger partial charge in [0.1, 0.15) is 21.8 Å². The number of carbonyl (C=O) groups excluding carboxylic acids is 1. The number of aliphatic hydroxyl groups is 1. The summed E-state index contributed by atoms with van der Waals surface area (Å²) in [7, 11) is 2.97. The summed E-state index contributed by atoms with van der Waals surface area (Å²) in [6.45, 7) is -0.00877. The van der Waals surface area contributed by atoms with Crippen LogP contribution >= 0.6 is 15.9 Å².